The molecule has 0 amide bonds. The molecule has 2 rings (SSSR count). The van der Waals surface area contributed by atoms with Gasteiger partial charge in [-0.2, -0.15) is 0 Å². The van der Waals surface area contributed by atoms with Crippen LogP contribution >= 0.6 is 0 Å². The third-order valence-corrected chi connectivity index (χ3v) is 3.30. The van der Waals surface area contributed by atoms with E-state index in [1.165, 1.54) is 11.1 Å². The zero-order valence-corrected chi connectivity index (χ0v) is 9.92. The van der Waals surface area contributed by atoms with E-state index in [4.69, 9.17) is 4.74 Å². The molecule has 2 heteroatoms. The molecular formula is C13H19NO. The molecule has 1 unspecified atom stereocenters. The molecule has 1 aliphatic heterocycles. The van der Waals surface area contributed by atoms with Crippen molar-refractivity contribution in [3.63, 3.8) is 0 Å². The minimum atomic E-state index is 0.376. The molecule has 82 valence electrons. The predicted molar refractivity (Wildman–Crippen MR) is 62.3 cm³/mol. The van der Waals surface area contributed by atoms with Crippen LogP contribution in [-0.4, -0.2) is 13.7 Å². The van der Waals surface area contributed by atoms with Crippen molar-refractivity contribution in [1.82, 2.24) is 5.32 Å². The van der Waals surface area contributed by atoms with Gasteiger partial charge in [0.2, 0.25) is 0 Å². The highest BCUT2D eigenvalue weighted by molar-refractivity contribution is 5.38. The lowest BCUT2D eigenvalue weighted by molar-refractivity contribution is 0.128. The Labute approximate surface area is 91.6 Å². The summed E-state index contributed by atoms with van der Waals surface area (Å²) in [6.45, 7) is 7.79. The third-order valence-electron chi connectivity index (χ3n) is 3.30. The van der Waals surface area contributed by atoms with Gasteiger partial charge in [0.1, 0.15) is 5.75 Å². The van der Waals surface area contributed by atoms with Gasteiger partial charge >= 0.3 is 0 Å². The van der Waals surface area contributed by atoms with Crippen molar-refractivity contribution >= 4 is 0 Å². The zero-order chi connectivity index (χ0) is 11.1. The molecule has 1 fully saturated rings. The Morgan fingerprint density at radius 3 is 2.53 bits per heavy atom. The van der Waals surface area contributed by atoms with E-state index in [9.17, 15) is 0 Å². The van der Waals surface area contributed by atoms with Gasteiger partial charge in [0.15, 0.2) is 0 Å². The van der Waals surface area contributed by atoms with Gasteiger partial charge in [-0.1, -0.05) is 26.0 Å². The summed E-state index contributed by atoms with van der Waals surface area (Å²) in [5.41, 5.74) is 2.95. The van der Waals surface area contributed by atoms with E-state index in [-0.39, 0.29) is 0 Å². The number of hydrogen-bond acceptors (Lipinski definition) is 2. The second-order valence-electron chi connectivity index (χ2n) is 5.03. The summed E-state index contributed by atoms with van der Waals surface area (Å²) in [5, 5.41) is 3.48. The average Bonchev–Trinajstić information content (AvgIpc) is 2.17. The maximum atomic E-state index is 5.26. The Morgan fingerprint density at radius 2 is 2.13 bits per heavy atom. The van der Waals surface area contributed by atoms with Gasteiger partial charge in [-0.3, -0.25) is 0 Å². The molecule has 1 saturated heterocycles. The van der Waals surface area contributed by atoms with Crippen molar-refractivity contribution < 1.29 is 4.74 Å². The van der Waals surface area contributed by atoms with Crippen LogP contribution in [0.25, 0.3) is 0 Å². The number of hydrogen-bond donors (Lipinski definition) is 1. The van der Waals surface area contributed by atoms with E-state index in [2.05, 4.69) is 44.3 Å². The maximum Gasteiger partial charge on any atom is 0.121 e. The van der Waals surface area contributed by atoms with Crippen LogP contribution in [0, 0.1) is 12.3 Å². The van der Waals surface area contributed by atoms with Gasteiger partial charge in [0.05, 0.1) is 7.11 Å². The molecule has 1 aromatic rings. The standard InChI is InChI=1S/C13H19NO/c1-9-7-10(5-6-11(9)15-4)12-13(2,3)8-14-12/h5-7,12,14H,8H2,1-4H3. The van der Waals surface area contributed by atoms with Crippen molar-refractivity contribution in [3.05, 3.63) is 29.3 Å². The summed E-state index contributed by atoms with van der Waals surface area (Å²) >= 11 is 0. The summed E-state index contributed by atoms with van der Waals surface area (Å²) in [6.07, 6.45) is 0. The van der Waals surface area contributed by atoms with E-state index in [0.29, 0.717) is 11.5 Å². The second kappa shape index (κ2) is 3.53. The molecule has 1 atom stereocenters. The Morgan fingerprint density at radius 1 is 1.40 bits per heavy atom. The molecule has 0 aliphatic carbocycles. The summed E-state index contributed by atoms with van der Waals surface area (Å²) < 4.78 is 5.26. The largest absolute Gasteiger partial charge is 0.496 e. The molecule has 0 radical (unpaired) electrons. The van der Waals surface area contributed by atoms with Crippen LogP contribution in [-0.2, 0) is 0 Å². The van der Waals surface area contributed by atoms with E-state index in [1.54, 1.807) is 7.11 Å². The van der Waals surface area contributed by atoms with Crippen molar-refractivity contribution in [3.8, 4) is 5.75 Å². The normalized spacial score (nSPS) is 23.3. The molecule has 1 aliphatic rings. The number of aryl methyl sites for hydroxylation is 1. The fourth-order valence-corrected chi connectivity index (χ4v) is 2.26. The summed E-state index contributed by atoms with van der Waals surface area (Å²) in [5.74, 6) is 0.968. The number of methoxy groups -OCH3 is 1. The molecule has 1 heterocycles. The Kier molecular flexibility index (Phi) is 2.47. The van der Waals surface area contributed by atoms with Gasteiger partial charge in [-0.15, -0.1) is 0 Å². The molecule has 15 heavy (non-hydrogen) atoms. The van der Waals surface area contributed by atoms with Crippen LogP contribution in [0.4, 0.5) is 0 Å². The van der Waals surface area contributed by atoms with Gasteiger partial charge in [-0.05, 0) is 29.5 Å². The lowest BCUT2D eigenvalue weighted by atomic mass is 9.74. The Bertz CT molecular complexity index is 371. The minimum absolute atomic E-state index is 0.376. The van der Waals surface area contributed by atoms with Gasteiger partial charge in [-0.25, -0.2) is 0 Å². The summed E-state index contributed by atoms with van der Waals surface area (Å²) in [7, 11) is 1.72. The first kappa shape index (κ1) is 10.5. The van der Waals surface area contributed by atoms with Crippen LogP contribution in [0.3, 0.4) is 0 Å². The lowest BCUT2D eigenvalue weighted by Crippen LogP contribution is -2.52. The molecule has 1 N–H and O–H groups in total. The highest BCUT2D eigenvalue weighted by Crippen LogP contribution is 2.40. The number of rotatable bonds is 2. The van der Waals surface area contributed by atoms with Crippen molar-refractivity contribution in [2.45, 2.75) is 26.8 Å². The van der Waals surface area contributed by atoms with Crippen LogP contribution in [0.2, 0.25) is 0 Å². The fraction of sp³-hybridized carbons (Fsp3) is 0.538. The quantitative estimate of drug-likeness (QED) is 0.801. The molecule has 0 bridgehead atoms. The Hall–Kier alpha value is -1.02. The average molecular weight is 205 g/mol. The summed E-state index contributed by atoms with van der Waals surface area (Å²) in [4.78, 5) is 0. The number of benzene rings is 1. The highest BCUT2D eigenvalue weighted by atomic mass is 16.5. The van der Waals surface area contributed by atoms with E-state index in [1.807, 2.05) is 0 Å². The SMILES string of the molecule is COc1ccc(C2NCC2(C)C)cc1C. The highest BCUT2D eigenvalue weighted by Gasteiger charge is 2.38. The molecule has 2 nitrogen and oxygen atoms in total. The van der Waals surface area contributed by atoms with Gasteiger partial charge in [0, 0.05) is 12.6 Å². The zero-order valence-electron chi connectivity index (χ0n) is 9.92. The fourth-order valence-electron chi connectivity index (χ4n) is 2.26. The van der Waals surface area contributed by atoms with Crippen molar-refractivity contribution in [2.75, 3.05) is 13.7 Å². The number of nitrogens with one attached hydrogen (secondary N) is 1. The maximum absolute atomic E-state index is 5.26. The van der Waals surface area contributed by atoms with Gasteiger partial charge < -0.3 is 10.1 Å². The van der Waals surface area contributed by atoms with Crippen molar-refractivity contribution in [2.24, 2.45) is 5.41 Å². The third kappa shape index (κ3) is 1.74. The van der Waals surface area contributed by atoms with Crippen LogP contribution in [0.15, 0.2) is 18.2 Å². The van der Waals surface area contributed by atoms with E-state index < -0.39 is 0 Å². The second-order valence-corrected chi connectivity index (χ2v) is 5.03. The van der Waals surface area contributed by atoms with E-state index in [0.717, 1.165) is 12.3 Å². The Balaban J connectivity index is 2.27. The molecular weight excluding hydrogens is 186 g/mol. The lowest BCUT2D eigenvalue weighted by Gasteiger charge is -2.46. The smallest absolute Gasteiger partial charge is 0.121 e. The van der Waals surface area contributed by atoms with Gasteiger partial charge in [0.25, 0.3) is 0 Å². The first-order valence-electron chi connectivity index (χ1n) is 5.42. The van der Waals surface area contributed by atoms with Crippen LogP contribution in [0.5, 0.6) is 5.75 Å². The van der Waals surface area contributed by atoms with Crippen LogP contribution in [0.1, 0.15) is 31.0 Å². The predicted octanol–water partition coefficient (Wildman–Crippen LogP) is 2.67. The van der Waals surface area contributed by atoms with Crippen molar-refractivity contribution in [1.29, 1.82) is 0 Å². The molecule has 0 spiro atoms. The van der Waals surface area contributed by atoms with Crippen LogP contribution < -0.4 is 10.1 Å². The molecule has 0 saturated carbocycles. The molecule has 1 aromatic carbocycles. The topological polar surface area (TPSA) is 21.3 Å². The first-order valence-corrected chi connectivity index (χ1v) is 5.42. The minimum Gasteiger partial charge on any atom is -0.496 e. The first-order chi connectivity index (χ1) is 7.04. The number of ether oxygens (including phenoxy) is 1. The monoisotopic (exact) mass is 205 g/mol. The summed E-state index contributed by atoms with van der Waals surface area (Å²) in [6, 6.07) is 6.92. The molecule has 0 aromatic heterocycles. The van der Waals surface area contributed by atoms with E-state index >= 15 is 0 Å².